The third kappa shape index (κ3) is 4.49. The quantitative estimate of drug-likeness (QED) is 0.514. The maximum absolute atomic E-state index is 5.48. The lowest BCUT2D eigenvalue weighted by Gasteiger charge is -2.27. The molecule has 0 fully saturated rings. The summed E-state index contributed by atoms with van der Waals surface area (Å²) in [5.74, 6) is 0.805. The average Bonchev–Trinajstić information content (AvgIpc) is 2.68. The third-order valence-electron chi connectivity index (χ3n) is 3.59. The minimum atomic E-state index is 0.498. The minimum absolute atomic E-state index is 0.498. The van der Waals surface area contributed by atoms with Gasteiger partial charge in [0, 0.05) is 5.69 Å². The Bertz CT molecular complexity index is 768. The van der Waals surface area contributed by atoms with Crippen molar-refractivity contribution < 1.29 is 4.74 Å². The van der Waals surface area contributed by atoms with Crippen LogP contribution in [0.25, 0.3) is 0 Å². The average molecular weight is 349 g/mol. The van der Waals surface area contributed by atoms with Gasteiger partial charge >= 0.3 is 0 Å². The molecule has 3 rings (SSSR count). The lowest BCUT2D eigenvalue weighted by atomic mass is 10.2. The number of ether oxygens (including phenoxy) is 1. The Morgan fingerprint density at radius 1 is 0.800 bits per heavy atom. The van der Waals surface area contributed by atoms with E-state index < -0.39 is 0 Å². The van der Waals surface area contributed by atoms with Crippen molar-refractivity contribution in [1.82, 2.24) is 5.43 Å². The summed E-state index contributed by atoms with van der Waals surface area (Å²) in [6, 6.07) is 27.7. The smallest absolute Gasteiger partial charge is 0.190 e. The van der Waals surface area contributed by atoms with E-state index in [1.54, 1.807) is 7.11 Å². The van der Waals surface area contributed by atoms with Crippen LogP contribution in [0, 0.1) is 0 Å². The molecule has 0 aromatic heterocycles. The number of benzene rings is 3. The molecule has 126 valence electrons. The molecule has 0 spiro atoms. The number of hydrogen-bond donors (Lipinski definition) is 2. The summed E-state index contributed by atoms with van der Waals surface area (Å²) in [4.78, 5) is 0. The van der Waals surface area contributed by atoms with Gasteiger partial charge in [0.25, 0.3) is 0 Å². The SMILES string of the molecule is COc1ccc(NC(=S)NN(c2ccccc2)c2ccccc2)cc1. The molecule has 4 nitrogen and oxygen atoms in total. The maximum Gasteiger partial charge on any atom is 0.190 e. The number of hydrogen-bond acceptors (Lipinski definition) is 3. The normalized spacial score (nSPS) is 9.96. The van der Waals surface area contributed by atoms with Gasteiger partial charge in [0.15, 0.2) is 5.11 Å². The first-order valence-electron chi connectivity index (χ1n) is 7.88. The topological polar surface area (TPSA) is 36.5 Å². The summed E-state index contributed by atoms with van der Waals surface area (Å²) < 4.78 is 5.17. The Balaban J connectivity index is 1.76. The number of nitrogens with one attached hydrogen (secondary N) is 2. The van der Waals surface area contributed by atoms with E-state index in [0.717, 1.165) is 22.8 Å². The zero-order valence-electron chi connectivity index (χ0n) is 13.8. The first-order valence-corrected chi connectivity index (χ1v) is 8.29. The molecule has 0 aliphatic carbocycles. The highest BCUT2D eigenvalue weighted by Crippen LogP contribution is 2.22. The molecule has 0 aliphatic heterocycles. The van der Waals surface area contributed by atoms with Gasteiger partial charge in [-0.05, 0) is 60.7 Å². The van der Waals surface area contributed by atoms with E-state index in [0.29, 0.717) is 5.11 Å². The first-order chi connectivity index (χ1) is 12.3. The summed E-state index contributed by atoms with van der Waals surface area (Å²) in [7, 11) is 1.65. The molecule has 3 aromatic carbocycles. The van der Waals surface area contributed by atoms with Crippen LogP contribution in [-0.2, 0) is 0 Å². The third-order valence-corrected chi connectivity index (χ3v) is 3.78. The highest BCUT2D eigenvalue weighted by atomic mass is 32.1. The Labute approximate surface area is 153 Å². The van der Waals surface area contributed by atoms with Crippen LogP contribution in [0.5, 0.6) is 5.75 Å². The van der Waals surface area contributed by atoms with Gasteiger partial charge in [0.2, 0.25) is 0 Å². The molecule has 0 aliphatic rings. The predicted molar refractivity (Wildman–Crippen MR) is 107 cm³/mol. The molecular weight excluding hydrogens is 330 g/mol. The Morgan fingerprint density at radius 3 is 1.80 bits per heavy atom. The van der Waals surface area contributed by atoms with E-state index in [9.17, 15) is 0 Å². The fraction of sp³-hybridized carbons (Fsp3) is 0.0500. The van der Waals surface area contributed by atoms with Crippen molar-refractivity contribution in [1.29, 1.82) is 0 Å². The van der Waals surface area contributed by atoms with Crippen molar-refractivity contribution in [3.05, 3.63) is 84.9 Å². The van der Waals surface area contributed by atoms with E-state index in [2.05, 4.69) is 10.7 Å². The molecule has 25 heavy (non-hydrogen) atoms. The van der Waals surface area contributed by atoms with E-state index >= 15 is 0 Å². The van der Waals surface area contributed by atoms with Crippen LogP contribution in [0.2, 0.25) is 0 Å². The van der Waals surface area contributed by atoms with Crippen LogP contribution in [0.3, 0.4) is 0 Å². The highest BCUT2D eigenvalue weighted by molar-refractivity contribution is 7.80. The number of methoxy groups -OCH3 is 1. The fourth-order valence-electron chi connectivity index (χ4n) is 2.37. The van der Waals surface area contributed by atoms with E-state index in [1.165, 1.54) is 0 Å². The van der Waals surface area contributed by atoms with Crippen molar-refractivity contribution >= 4 is 34.4 Å². The number of rotatable bonds is 5. The van der Waals surface area contributed by atoms with Crippen LogP contribution in [0.4, 0.5) is 17.1 Å². The van der Waals surface area contributed by atoms with Gasteiger partial charge in [-0.1, -0.05) is 36.4 Å². The van der Waals surface area contributed by atoms with Crippen molar-refractivity contribution in [2.45, 2.75) is 0 Å². The van der Waals surface area contributed by atoms with Gasteiger partial charge in [-0.2, -0.15) is 0 Å². The Morgan fingerprint density at radius 2 is 1.32 bits per heavy atom. The van der Waals surface area contributed by atoms with Crippen molar-refractivity contribution in [3.8, 4) is 5.75 Å². The molecule has 3 aromatic rings. The second kappa shape index (κ2) is 8.17. The Kier molecular flexibility index (Phi) is 5.49. The molecule has 0 amide bonds. The lowest BCUT2D eigenvalue weighted by Crippen LogP contribution is -2.41. The zero-order valence-corrected chi connectivity index (χ0v) is 14.7. The van der Waals surface area contributed by atoms with Crippen LogP contribution >= 0.6 is 12.2 Å². The lowest BCUT2D eigenvalue weighted by molar-refractivity contribution is 0.415. The van der Waals surface area contributed by atoms with E-state index in [-0.39, 0.29) is 0 Å². The summed E-state index contributed by atoms with van der Waals surface area (Å²) in [6.45, 7) is 0. The second-order valence-corrected chi connectivity index (χ2v) is 5.71. The van der Waals surface area contributed by atoms with Crippen LogP contribution in [0.15, 0.2) is 84.9 Å². The molecule has 0 saturated heterocycles. The maximum atomic E-state index is 5.48. The molecule has 0 unspecified atom stereocenters. The number of thiocarbonyl (C=S) groups is 1. The highest BCUT2D eigenvalue weighted by Gasteiger charge is 2.10. The minimum Gasteiger partial charge on any atom is -0.497 e. The van der Waals surface area contributed by atoms with Gasteiger partial charge in [0.1, 0.15) is 5.75 Å². The van der Waals surface area contributed by atoms with Crippen LogP contribution in [-0.4, -0.2) is 12.2 Å². The largest absolute Gasteiger partial charge is 0.497 e. The monoisotopic (exact) mass is 349 g/mol. The molecule has 0 bridgehead atoms. The molecule has 0 radical (unpaired) electrons. The summed E-state index contributed by atoms with van der Waals surface area (Å²) >= 11 is 5.48. The van der Waals surface area contributed by atoms with Gasteiger partial charge in [0.05, 0.1) is 18.5 Å². The zero-order chi connectivity index (χ0) is 17.5. The number of hydrazine groups is 1. The van der Waals surface area contributed by atoms with Gasteiger partial charge < -0.3 is 10.1 Å². The Hall–Kier alpha value is -3.05. The molecular formula is C20H19N3OS. The van der Waals surface area contributed by atoms with Gasteiger partial charge in [-0.15, -0.1) is 0 Å². The van der Waals surface area contributed by atoms with E-state index in [1.807, 2.05) is 89.9 Å². The van der Waals surface area contributed by atoms with Gasteiger partial charge in [-0.3, -0.25) is 10.4 Å². The first kappa shape index (κ1) is 16.8. The molecule has 0 saturated carbocycles. The predicted octanol–water partition coefficient (Wildman–Crippen LogP) is 4.73. The summed E-state index contributed by atoms with van der Waals surface area (Å²) in [6.07, 6.45) is 0. The van der Waals surface area contributed by atoms with Gasteiger partial charge in [-0.25, -0.2) is 0 Å². The van der Waals surface area contributed by atoms with E-state index in [4.69, 9.17) is 17.0 Å². The second-order valence-electron chi connectivity index (χ2n) is 5.30. The molecule has 0 heterocycles. The molecule has 2 N–H and O–H groups in total. The van der Waals surface area contributed by atoms with Crippen molar-refractivity contribution in [2.24, 2.45) is 0 Å². The molecule has 0 atom stereocenters. The van der Waals surface area contributed by atoms with Crippen molar-refractivity contribution in [3.63, 3.8) is 0 Å². The van der Waals surface area contributed by atoms with Crippen LogP contribution < -0.4 is 20.5 Å². The summed E-state index contributed by atoms with van der Waals surface area (Å²) in [5.41, 5.74) is 6.12. The van der Waals surface area contributed by atoms with Crippen LogP contribution in [0.1, 0.15) is 0 Å². The van der Waals surface area contributed by atoms with Crippen molar-refractivity contribution in [2.75, 3.05) is 17.4 Å². The fourth-order valence-corrected chi connectivity index (χ4v) is 2.58. The standard InChI is InChI=1S/C20H19N3OS/c1-24-19-14-12-16(13-15-19)21-20(25)22-23(17-8-4-2-5-9-17)18-10-6-3-7-11-18/h2-15H,1H3,(H2,21,22,25). The number of nitrogens with zero attached hydrogens (tertiary/aromatic N) is 1. The number of anilines is 3. The molecule has 5 heteroatoms. The summed E-state index contributed by atoms with van der Waals surface area (Å²) in [5, 5.41) is 5.63. The number of para-hydroxylation sites is 2.